The average Bonchev–Trinajstić information content (AvgIpc) is 2.82. The molecule has 1 atom stereocenters. The van der Waals surface area contributed by atoms with Crippen LogP contribution in [0, 0.1) is 0 Å². The van der Waals surface area contributed by atoms with Crippen LogP contribution in [-0.4, -0.2) is 5.91 Å². The predicted octanol–water partition coefficient (Wildman–Crippen LogP) is 7.39. The van der Waals surface area contributed by atoms with Crippen LogP contribution < -0.4 is 5.32 Å². The number of carbonyl (C=O) groups is 1. The number of hydrogen-bond donors (Lipinski definition) is 1. The molecule has 0 aromatic heterocycles. The molecular weight excluding hydrogens is 422 g/mol. The number of fused-ring (bicyclic) bond motifs is 1. The van der Waals surface area contributed by atoms with E-state index in [1.807, 2.05) is 48.5 Å². The van der Waals surface area contributed by atoms with Gasteiger partial charge in [-0.2, -0.15) is 0 Å². The van der Waals surface area contributed by atoms with Crippen LogP contribution >= 0.6 is 23.4 Å². The number of amides is 1. The molecule has 1 aliphatic carbocycles. The van der Waals surface area contributed by atoms with Crippen molar-refractivity contribution < 1.29 is 4.79 Å². The maximum absolute atomic E-state index is 12.9. The number of rotatable bonds is 7. The highest BCUT2D eigenvalue weighted by Gasteiger charge is 2.17. The van der Waals surface area contributed by atoms with Crippen LogP contribution in [0.3, 0.4) is 0 Å². The normalized spacial score (nSPS) is 14.0. The van der Waals surface area contributed by atoms with Gasteiger partial charge in [0.2, 0.25) is 0 Å². The Morgan fingerprint density at radius 2 is 1.68 bits per heavy atom. The summed E-state index contributed by atoms with van der Waals surface area (Å²) < 4.78 is 0. The Kier molecular flexibility index (Phi) is 7.37. The van der Waals surface area contributed by atoms with Crippen molar-refractivity contribution in [3.63, 3.8) is 0 Å². The molecule has 4 rings (SSSR count). The standard InChI is InChI=1S/C27H28ClNOS/c1-2-26(23-12-11-20-5-3-4-6-22(20)17-23)29-27(30)21-9-7-19(8-10-21)18-31-25-15-13-24(28)14-16-25/h7-17,26H,2-6,18H2,1H3,(H,29,30)/t26-/m0/s1. The van der Waals surface area contributed by atoms with E-state index in [4.69, 9.17) is 11.6 Å². The molecule has 0 bridgehead atoms. The van der Waals surface area contributed by atoms with Crippen molar-refractivity contribution in [1.82, 2.24) is 5.32 Å². The maximum atomic E-state index is 12.9. The van der Waals surface area contributed by atoms with E-state index >= 15 is 0 Å². The van der Waals surface area contributed by atoms with E-state index in [-0.39, 0.29) is 11.9 Å². The molecule has 4 heteroatoms. The summed E-state index contributed by atoms with van der Waals surface area (Å²) in [4.78, 5) is 14.1. The van der Waals surface area contributed by atoms with Crippen molar-refractivity contribution in [1.29, 1.82) is 0 Å². The highest BCUT2D eigenvalue weighted by molar-refractivity contribution is 7.98. The van der Waals surface area contributed by atoms with Crippen LogP contribution in [0.4, 0.5) is 0 Å². The number of hydrogen-bond acceptors (Lipinski definition) is 2. The zero-order valence-corrected chi connectivity index (χ0v) is 19.4. The van der Waals surface area contributed by atoms with Gasteiger partial charge in [-0.05, 0) is 90.8 Å². The molecule has 0 saturated heterocycles. The smallest absolute Gasteiger partial charge is 0.251 e. The Labute approximate surface area is 194 Å². The predicted molar refractivity (Wildman–Crippen MR) is 131 cm³/mol. The lowest BCUT2D eigenvalue weighted by Gasteiger charge is -2.22. The van der Waals surface area contributed by atoms with Crippen molar-refractivity contribution in [3.8, 4) is 0 Å². The second-order valence-corrected chi connectivity index (χ2v) is 9.59. The molecule has 0 radical (unpaired) electrons. The minimum Gasteiger partial charge on any atom is -0.345 e. The van der Waals surface area contributed by atoms with E-state index in [1.165, 1.54) is 46.4 Å². The molecule has 31 heavy (non-hydrogen) atoms. The number of thioether (sulfide) groups is 1. The summed E-state index contributed by atoms with van der Waals surface area (Å²) in [5, 5.41) is 3.98. The molecule has 3 aromatic carbocycles. The van der Waals surface area contributed by atoms with E-state index in [9.17, 15) is 4.79 Å². The Hall–Kier alpha value is -2.23. The van der Waals surface area contributed by atoms with Crippen LogP contribution in [0.15, 0.2) is 71.6 Å². The fraction of sp³-hybridized carbons (Fsp3) is 0.296. The van der Waals surface area contributed by atoms with Gasteiger partial charge in [0.1, 0.15) is 0 Å². The van der Waals surface area contributed by atoms with Gasteiger partial charge in [0.15, 0.2) is 0 Å². The molecule has 1 N–H and O–H groups in total. The molecule has 1 amide bonds. The lowest BCUT2D eigenvalue weighted by molar-refractivity contribution is 0.0935. The minimum atomic E-state index is -0.0125. The molecule has 0 spiro atoms. The Bertz CT molecular complexity index is 1030. The minimum absolute atomic E-state index is 0.0125. The van der Waals surface area contributed by atoms with Crippen LogP contribution in [0.2, 0.25) is 5.02 Å². The fourth-order valence-electron chi connectivity index (χ4n) is 4.08. The zero-order chi connectivity index (χ0) is 21.6. The van der Waals surface area contributed by atoms with Gasteiger partial charge < -0.3 is 5.32 Å². The molecule has 0 fully saturated rings. The van der Waals surface area contributed by atoms with Crippen molar-refractivity contribution in [2.75, 3.05) is 0 Å². The summed E-state index contributed by atoms with van der Waals surface area (Å²) in [7, 11) is 0. The van der Waals surface area contributed by atoms with Crippen LogP contribution in [0.1, 0.15) is 64.8 Å². The Morgan fingerprint density at radius 1 is 0.968 bits per heavy atom. The van der Waals surface area contributed by atoms with E-state index in [0.717, 1.165) is 23.6 Å². The third-order valence-corrected chi connectivity index (χ3v) is 7.26. The van der Waals surface area contributed by atoms with Crippen molar-refractivity contribution >= 4 is 29.3 Å². The third kappa shape index (κ3) is 5.72. The first kappa shape index (κ1) is 22.0. The number of benzene rings is 3. The summed E-state index contributed by atoms with van der Waals surface area (Å²) in [6, 6.07) is 22.6. The van der Waals surface area contributed by atoms with Crippen LogP contribution in [-0.2, 0) is 18.6 Å². The van der Waals surface area contributed by atoms with Crippen molar-refractivity contribution in [2.24, 2.45) is 0 Å². The third-order valence-electron chi connectivity index (χ3n) is 5.92. The van der Waals surface area contributed by atoms with Gasteiger partial charge in [0.05, 0.1) is 6.04 Å². The molecule has 1 aliphatic rings. The lowest BCUT2D eigenvalue weighted by atomic mass is 9.88. The first-order valence-electron chi connectivity index (χ1n) is 11.0. The quantitative estimate of drug-likeness (QED) is 0.381. The van der Waals surface area contributed by atoms with Gasteiger partial charge in [-0.3, -0.25) is 4.79 Å². The van der Waals surface area contributed by atoms with Gasteiger partial charge in [0.25, 0.3) is 5.91 Å². The first-order chi connectivity index (χ1) is 15.1. The maximum Gasteiger partial charge on any atom is 0.251 e. The molecular formula is C27H28ClNOS. The van der Waals surface area contributed by atoms with Gasteiger partial charge in [-0.25, -0.2) is 0 Å². The summed E-state index contributed by atoms with van der Waals surface area (Å²) >= 11 is 7.71. The second-order valence-electron chi connectivity index (χ2n) is 8.11. The largest absolute Gasteiger partial charge is 0.345 e. The average molecular weight is 450 g/mol. The number of halogens is 1. The zero-order valence-electron chi connectivity index (χ0n) is 17.9. The number of aryl methyl sites for hydroxylation is 2. The van der Waals surface area contributed by atoms with Gasteiger partial charge >= 0.3 is 0 Å². The molecule has 0 unspecified atom stereocenters. The van der Waals surface area contributed by atoms with Crippen molar-refractivity contribution in [2.45, 2.75) is 55.7 Å². The molecule has 0 saturated carbocycles. The summed E-state index contributed by atoms with van der Waals surface area (Å²) in [6.45, 7) is 2.13. The lowest BCUT2D eigenvalue weighted by Crippen LogP contribution is -2.28. The SMILES string of the molecule is CC[C@H](NC(=O)c1ccc(CSc2ccc(Cl)cc2)cc1)c1ccc2c(c1)CCCC2. The Balaban J connectivity index is 1.37. The van der Waals surface area contributed by atoms with Crippen LogP contribution in [0.5, 0.6) is 0 Å². The van der Waals surface area contributed by atoms with Crippen LogP contribution in [0.25, 0.3) is 0 Å². The Morgan fingerprint density at radius 3 is 2.39 bits per heavy atom. The molecule has 160 valence electrons. The molecule has 3 aromatic rings. The summed E-state index contributed by atoms with van der Waals surface area (Å²) in [5.74, 6) is 0.845. The van der Waals surface area contributed by atoms with E-state index in [1.54, 1.807) is 11.8 Å². The fourth-order valence-corrected chi connectivity index (χ4v) is 5.06. The highest BCUT2D eigenvalue weighted by atomic mass is 35.5. The number of nitrogens with one attached hydrogen (secondary N) is 1. The number of carbonyl (C=O) groups excluding carboxylic acids is 1. The van der Waals surface area contributed by atoms with Gasteiger partial charge in [-0.1, -0.05) is 48.9 Å². The second kappa shape index (κ2) is 10.4. The van der Waals surface area contributed by atoms with E-state index < -0.39 is 0 Å². The topological polar surface area (TPSA) is 29.1 Å². The molecule has 2 nitrogen and oxygen atoms in total. The van der Waals surface area contributed by atoms with Gasteiger partial charge in [0, 0.05) is 21.2 Å². The van der Waals surface area contributed by atoms with Gasteiger partial charge in [-0.15, -0.1) is 11.8 Å². The summed E-state index contributed by atoms with van der Waals surface area (Å²) in [6.07, 6.45) is 5.77. The van der Waals surface area contributed by atoms with E-state index in [2.05, 4.69) is 30.4 Å². The molecule has 0 heterocycles. The summed E-state index contributed by atoms with van der Waals surface area (Å²) in [5.41, 5.74) is 6.05. The van der Waals surface area contributed by atoms with Crippen molar-refractivity contribution in [3.05, 3.63) is 99.6 Å². The highest BCUT2D eigenvalue weighted by Crippen LogP contribution is 2.27. The molecule has 0 aliphatic heterocycles. The van der Waals surface area contributed by atoms with E-state index in [0.29, 0.717) is 5.56 Å². The monoisotopic (exact) mass is 449 g/mol. The first-order valence-corrected chi connectivity index (χ1v) is 12.4.